The number of aliphatic carboxylic acids is 1. The topological polar surface area (TPSA) is 70.5 Å². The summed E-state index contributed by atoms with van der Waals surface area (Å²) in [4.78, 5) is 30.3. The number of likely N-dealkylation sites (tertiary alicyclic amines) is 1. The van der Waals surface area contributed by atoms with Crippen LogP contribution >= 0.6 is 11.3 Å². The van der Waals surface area contributed by atoms with E-state index in [0.29, 0.717) is 17.8 Å². The molecule has 1 aromatic heterocycles. The smallest absolute Gasteiger partial charge is 0.303 e. The molecule has 2 heterocycles. The van der Waals surface area contributed by atoms with E-state index in [-0.39, 0.29) is 5.91 Å². The molecule has 1 saturated carbocycles. The lowest BCUT2D eigenvalue weighted by Crippen LogP contribution is -2.44. The third-order valence-electron chi connectivity index (χ3n) is 5.68. The summed E-state index contributed by atoms with van der Waals surface area (Å²) in [5.41, 5.74) is 2.90. The minimum absolute atomic E-state index is 0.124. The van der Waals surface area contributed by atoms with Gasteiger partial charge in [-0.15, -0.1) is 11.3 Å². The van der Waals surface area contributed by atoms with Crippen molar-refractivity contribution in [2.45, 2.75) is 51.9 Å². The number of carbonyl (C=O) groups excluding carboxylic acids is 1. The molecule has 1 spiro atoms. The summed E-state index contributed by atoms with van der Waals surface area (Å²) in [6.45, 7) is 3.53. The number of carboxylic acid groups (broad SMARTS) is 1. The summed E-state index contributed by atoms with van der Waals surface area (Å²) >= 11 is 1.43. The fraction of sp³-hybridized carbons (Fsp3) is 0.706. The van der Waals surface area contributed by atoms with Crippen LogP contribution in [0.2, 0.25) is 0 Å². The van der Waals surface area contributed by atoms with Crippen molar-refractivity contribution in [2.24, 2.45) is 11.3 Å². The molecular formula is C17H24N2O3S. The van der Waals surface area contributed by atoms with E-state index in [9.17, 15) is 9.59 Å². The third kappa shape index (κ3) is 3.57. The second-order valence-corrected chi connectivity index (χ2v) is 7.96. The highest BCUT2D eigenvalue weighted by atomic mass is 32.1. The van der Waals surface area contributed by atoms with E-state index >= 15 is 0 Å². The molecule has 1 aromatic rings. The van der Waals surface area contributed by atoms with Crippen LogP contribution in [-0.2, 0) is 4.79 Å². The Kier molecular flexibility index (Phi) is 4.71. The highest BCUT2D eigenvalue weighted by Crippen LogP contribution is 2.47. The van der Waals surface area contributed by atoms with Crippen molar-refractivity contribution >= 4 is 23.2 Å². The van der Waals surface area contributed by atoms with Crippen LogP contribution in [0.4, 0.5) is 0 Å². The number of piperidine rings is 1. The molecule has 126 valence electrons. The van der Waals surface area contributed by atoms with Gasteiger partial charge in [-0.1, -0.05) is 0 Å². The van der Waals surface area contributed by atoms with Crippen LogP contribution in [0.15, 0.2) is 5.51 Å². The SMILES string of the molecule is Cc1ncsc1C(=O)N1CCC2(CCC(CC(=O)O)CC2)CC1. The molecular weight excluding hydrogens is 312 g/mol. The molecule has 5 nitrogen and oxygen atoms in total. The van der Waals surface area contributed by atoms with Crippen molar-refractivity contribution < 1.29 is 14.7 Å². The van der Waals surface area contributed by atoms with Gasteiger partial charge in [0.05, 0.1) is 11.2 Å². The van der Waals surface area contributed by atoms with Gasteiger partial charge in [-0.25, -0.2) is 4.98 Å². The Morgan fingerprint density at radius 3 is 2.48 bits per heavy atom. The Morgan fingerprint density at radius 2 is 1.96 bits per heavy atom. The van der Waals surface area contributed by atoms with Crippen molar-refractivity contribution in [1.82, 2.24) is 9.88 Å². The molecule has 1 amide bonds. The number of hydrogen-bond donors (Lipinski definition) is 1. The lowest BCUT2D eigenvalue weighted by Gasteiger charge is -2.45. The monoisotopic (exact) mass is 336 g/mol. The zero-order valence-electron chi connectivity index (χ0n) is 13.6. The average Bonchev–Trinajstić information content (AvgIpc) is 2.96. The van der Waals surface area contributed by atoms with E-state index in [0.717, 1.165) is 62.2 Å². The third-order valence-corrected chi connectivity index (χ3v) is 6.60. The zero-order chi connectivity index (χ0) is 16.4. The van der Waals surface area contributed by atoms with E-state index < -0.39 is 5.97 Å². The molecule has 1 N–H and O–H groups in total. The zero-order valence-corrected chi connectivity index (χ0v) is 14.4. The van der Waals surface area contributed by atoms with Gasteiger partial charge in [0.2, 0.25) is 0 Å². The highest BCUT2D eigenvalue weighted by Gasteiger charge is 2.39. The number of carbonyl (C=O) groups is 2. The maximum atomic E-state index is 12.6. The molecule has 1 saturated heterocycles. The molecule has 2 aliphatic rings. The molecule has 6 heteroatoms. The fourth-order valence-corrected chi connectivity index (χ4v) is 4.85. The number of carboxylic acids is 1. The number of aryl methyl sites for hydroxylation is 1. The minimum atomic E-state index is -0.675. The Morgan fingerprint density at radius 1 is 1.30 bits per heavy atom. The summed E-state index contributed by atoms with van der Waals surface area (Å²) in [7, 11) is 0. The normalized spacial score (nSPS) is 21.5. The Labute approximate surface area is 140 Å². The van der Waals surface area contributed by atoms with Crippen LogP contribution in [-0.4, -0.2) is 40.0 Å². The quantitative estimate of drug-likeness (QED) is 0.919. The second kappa shape index (κ2) is 6.59. The van der Waals surface area contributed by atoms with Gasteiger partial charge >= 0.3 is 5.97 Å². The highest BCUT2D eigenvalue weighted by molar-refractivity contribution is 7.11. The van der Waals surface area contributed by atoms with Gasteiger partial charge in [-0.05, 0) is 56.8 Å². The van der Waals surface area contributed by atoms with E-state index in [1.54, 1.807) is 5.51 Å². The van der Waals surface area contributed by atoms with E-state index in [1.165, 1.54) is 11.3 Å². The molecule has 3 rings (SSSR count). The van der Waals surface area contributed by atoms with Gasteiger partial charge in [0.1, 0.15) is 4.88 Å². The Balaban J connectivity index is 1.54. The van der Waals surface area contributed by atoms with Crippen LogP contribution in [0.5, 0.6) is 0 Å². The summed E-state index contributed by atoms with van der Waals surface area (Å²) < 4.78 is 0. The first kappa shape index (κ1) is 16.4. The number of thiazole rings is 1. The van der Waals surface area contributed by atoms with Crippen LogP contribution in [0, 0.1) is 18.3 Å². The molecule has 0 aromatic carbocycles. The van der Waals surface area contributed by atoms with E-state index in [1.807, 2.05) is 11.8 Å². The molecule has 0 bridgehead atoms. The lowest BCUT2D eigenvalue weighted by molar-refractivity contribution is -0.138. The number of hydrogen-bond acceptors (Lipinski definition) is 4. The summed E-state index contributed by atoms with van der Waals surface area (Å²) in [6.07, 6.45) is 6.69. The van der Waals surface area contributed by atoms with Crippen LogP contribution < -0.4 is 0 Å². The predicted octanol–water partition coefficient (Wildman–Crippen LogP) is 3.34. The molecule has 0 radical (unpaired) electrons. The Hall–Kier alpha value is -1.43. The minimum Gasteiger partial charge on any atom is -0.481 e. The van der Waals surface area contributed by atoms with E-state index in [4.69, 9.17) is 5.11 Å². The van der Waals surface area contributed by atoms with Crippen molar-refractivity contribution in [2.75, 3.05) is 13.1 Å². The maximum Gasteiger partial charge on any atom is 0.303 e. The van der Waals surface area contributed by atoms with Crippen molar-refractivity contribution in [1.29, 1.82) is 0 Å². The fourth-order valence-electron chi connectivity index (χ4n) is 4.08. The Bertz CT molecular complexity index is 580. The van der Waals surface area contributed by atoms with Gasteiger partial charge in [0.15, 0.2) is 0 Å². The van der Waals surface area contributed by atoms with Crippen LogP contribution in [0.25, 0.3) is 0 Å². The predicted molar refractivity (Wildman–Crippen MR) is 88.6 cm³/mol. The van der Waals surface area contributed by atoms with Crippen LogP contribution in [0.3, 0.4) is 0 Å². The van der Waals surface area contributed by atoms with Gasteiger partial charge in [0, 0.05) is 19.5 Å². The van der Waals surface area contributed by atoms with E-state index in [2.05, 4.69) is 4.98 Å². The molecule has 23 heavy (non-hydrogen) atoms. The standard InChI is InChI=1S/C17H24N2O3S/c1-12-15(23-11-18-12)16(22)19-8-6-17(7-9-19)4-2-13(3-5-17)10-14(20)21/h11,13H,2-10H2,1H3,(H,20,21). The second-order valence-electron chi connectivity index (χ2n) is 7.10. The maximum absolute atomic E-state index is 12.6. The first-order chi connectivity index (χ1) is 11.0. The molecule has 1 aliphatic heterocycles. The van der Waals surface area contributed by atoms with Crippen molar-refractivity contribution in [3.63, 3.8) is 0 Å². The number of nitrogens with zero attached hydrogens (tertiary/aromatic N) is 2. The van der Waals surface area contributed by atoms with Crippen molar-refractivity contribution in [3.05, 3.63) is 16.1 Å². The van der Waals surface area contributed by atoms with Crippen molar-refractivity contribution in [3.8, 4) is 0 Å². The summed E-state index contributed by atoms with van der Waals surface area (Å²) in [6, 6.07) is 0. The number of rotatable bonds is 3. The lowest BCUT2D eigenvalue weighted by atomic mass is 9.65. The summed E-state index contributed by atoms with van der Waals surface area (Å²) in [5.74, 6) is -0.205. The molecule has 2 fully saturated rings. The molecule has 1 aliphatic carbocycles. The first-order valence-corrected chi connectivity index (χ1v) is 9.28. The first-order valence-electron chi connectivity index (χ1n) is 8.40. The number of amides is 1. The van der Waals surface area contributed by atoms with Gasteiger partial charge in [0.25, 0.3) is 5.91 Å². The summed E-state index contributed by atoms with van der Waals surface area (Å²) in [5, 5.41) is 8.93. The van der Waals surface area contributed by atoms with Gasteiger partial charge in [-0.3, -0.25) is 9.59 Å². The molecule has 0 unspecified atom stereocenters. The van der Waals surface area contributed by atoms with Crippen LogP contribution in [0.1, 0.15) is 60.3 Å². The van der Waals surface area contributed by atoms with Gasteiger partial charge < -0.3 is 10.0 Å². The largest absolute Gasteiger partial charge is 0.481 e. The number of aromatic nitrogens is 1. The molecule has 0 atom stereocenters. The van der Waals surface area contributed by atoms with Gasteiger partial charge in [-0.2, -0.15) is 0 Å². The average molecular weight is 336 g/mol.